The number of carbonyl (C=O) groups is 1. The van der Waals surface area contributed by atoms with E-state index in [-0.39, 0.29) is 17.8 Å². The van der Waals surface area contributed by atoms with Crippen molar-refractivity contribution in [3.63, 3.8) is 0 Å². The minimum absolute atomic E-state index is 0.103. The summed E-state index contributed by atoms with van der Waals surface area (Å²) < 4.78 is 11.9. The SMILES string of the molecule is COc1ccc([C@@H]2CNC[C@@]2(Cc2ccccc2C)C(C)=O)cc1OC1CCCC1. The first-order chi connectivity index (χ1) is 14.5. The third kappa shape index (κ3) is 3.98. The zero-order valence-corrected chi connectivity index (χ0v) is 18.4. The molecule has 2 atom stereocenters. The number of hydrogen-bond donors (Lipinski definition) is 1. The number of nitrogens with one attached hydrogen (secondary N) is 1. The molecule has 1 N–H and O–H groups in total. The Morgan fingerprint density at radius 1 is 1.13 bits per heavy atom. The van der Waals surface area contributed by atoms with E-state index in [1.165, 1.54) is 24.0 Å². The summed E-state index contributed by atoms with van der Waals surface area (Å²) in [6, 6.07) is 14.6. The fraction of sp³-hybridized carbons (Fsp3) is 0.500. The van der Waals surface area contributed by atoms with Crippen molar-refractivity contribution in [2.45, 2.75) is 58.0 Å². The highest BCUT2D eigenvalue weighted by Crippen LogP contribution is 2.45. The number of ether oxygens (including phenoxy) is 2. The predicted molar refractivity (Wildman–Crippen MR) is 119 cm³/mol. The Balaban J connectivity index is 1.68. The number of ketones is 1. The Labute approximate surface area is 180 Å². The molecule has 2 fully saturated rings. The Morgan fingerprint density at radius 3 is 2.60 bits per heavy atom. The molecule has 0 spiro atoms. The summed E-state index contributed by atoms with van der Waals surface area (Å²) in [5, 5.41) is 3.51. The molecular formula is C26H33NO3. The summed E-state index contributed by atoms with van der Waals surface area (Å²) in [5.74, 6) is 1.92. The molecule has 4 heteroatoms. The lowest BCUT2D eigenvalue weighted by atomic mass is 9.68. The van der Waals surface area contributed by atoms with Crippen molar-refractivity contribution < 1.29 is 14.3 Å². The highest BCUT2D eigenvalue weighted by atomic mass is 16.5. The summed E-state index contributed by atoms with van der Waals surface area (Å²) in [6.07, 6.45) is 5.66. The van der Waals surface area contributed by atoms with Crippen LogP contribution >= 0.6 is 0 Å². The predicted octanol–water partition coefficient (Wildman–Crippen LogP) is 4.83. The third-order valence-corrected chi connectivity index (χ3v) is 7.11. The van der Waals surface area contributed by atoms with Gasteiger partial charge >= 0.3 is 0 Å². The number of benzene rings is 2. The Bertz CT molecular complexity index is 903. The van der Waals surface area contributed by atoms with Crippen LogP contribution in [0.5, 0.6) is 11.5 Å². The van der Waals surface area contributed by atoms with Gasteiger partial charge in [0.1, 0.15) is 5.78 Å². The van der Waals surface area contributed by atoms with E-state index in [9.17, 15) is 4.79 Å². The number of methoxy groups -OCH3 is 1. The van der Waals surface area contributed by atoms with Crippen LogP contribution in [-0.2, 0) is 11.2 Å². The van der Waals surface area contributed by atoms with Crippen LogP contribution in [0.4, 0.5) is 0 Å². The van der Waals surface area contributed by atoms with Crippen LogP contribution in [0.1, 0.15) is 55.2 Å². The largest absolute Gasteiger partial charge is 0.493 e. The fourth-order valence-electron chi connectivity index (χ4n) is 5.21. The van der Waals surface area contributed by atoms with Gasteiger partial charge in [0.05, 0.1) is 18.6 Å². The Kier molecular flexibility index (Phi) is 6.14. The lowest BCUT2D eigenvalue weighted by molar-refractivity contribution is -0.126. The second-order valence-electron chi connectivity index (χ2n) is 8.93. The fourth-order valence-corrected chi connectivity index (χ4v) is 5.21. The van der Waals surface area contributed by atoms with Crippen molar-refractivity contribution in [2.24, 2.45) is 5.41 Å². The maximum Gasteiger partial charge on any atom is 0.161 e. The van der Waals surface area contributed by atoms with Gasteiger partial charge in [-0.3, -0.25) is 4.79 Å². The maximum atomic E-state index is 13.1. The molecule has 1 aliphatic heterocycles. The molecule has 1 saturated heterocycles. The molecule has 0 aromatic heterocycles. The minimum Gasteiger partial charge on any atom is -0.493 e. The Morgan fingerprint density at radius 2 is 1.90 bits per heavy atom. The zero-order valence-electron chi connectivity index (χ0n) is 18.4. The normalized spacial score (nSPS) is 24.2. The monoisotopic (exact) mass is 407 g/mol. The van der Waals surface area contributed by atoms with Crippen LogP contribution in [0.15, 0.2) is 42.5 Å². The van der Waals surface area contributed by atoms with Crippen molar-refractivity contribution in [3.05, 3.63) is 59.2 Å². The lowest BCUT2D eigenvalue weighted by Crippen LogP contribution is -2.38. The van der Waals surface area contributed by atoms with Crippen LogP contribution in [0.25, 0.3) is 0 Å². The molecule has 4 nitrogen and oxygen atoms in total. The molecule has 1 heterocycles. The summed E-state index contributed by atoms with van der Waals surface area (Å²) >= 11 is 0. The van der Waals surface area contributed by atoms with E-state index in [0.717, 1.165) is 42.9 Å². The van der Waals surface area contributed by atoms with Crippen molar-refractivity contribution >= 4 is 5.78 Å². The highest BCUT2D eigenvalue weighted by molar-refractivity contribution is 5.85. The summed E-state index contributed by atoms with van der Waals surface area (Å²) in [5.41, 5.74) is 3.18. The lowest BCUT2D eigenvalue weighted by Gasteiger charge is -2.33. The molecule has 30 heavy (non-hydrogen) atoms. The average molecular weight is 408 g/mol. The van der Waals surface area contributed by atoms with Crippen LogP contribution in [-0.4, -0.2) is 32.1 Å². The van der Waals surface area contributed by atoms with Gasteiger partial charge in [0, 0.05) is 19.0 Å². The highest BCUT2D eigenvalue weighted by Gasteiger charge is 2.47. The van der Waals surface area contributed by atoms with E-state index in [4.69, 9.17) is 9.47 Å². The number of Topliss-reactive ketones (excluding diaryl/α,β-unsaturated/α-hetero) is 1. The van der Waals surface area contributed by atoms with Gasteiger partial charge in [-0.05, 0) is 74.8 Å². The second-order valence-corrected chi connectivity index (χ2v) is 8.93. The van der Waals surface area contributed by atoms with Gasteiger partial charge < -0.3 is 14.8 Å². The van der Waals surface area contributed by atoms with Crippen molar-refractivity contribution in [1.29, 1.82) is 0 Å². The molecule has 0 amide bonds. The minimum atomic E-state index is -0.453. The van der Waals surface area contributed by atoms with E-state index in [1.807, 2.05) is 6.07 Å². The van der Waals surface area contributed by atoms with Gasteiger partial charge in [0.15, 0.2) is 11.5 Å². The zero-order chi connectivity index (χ0) is 21.1. The van der Waals surface area contributed by atoms with E-state index in [2.05, 4.69) is 48.6 Å². The number of aryl methyl sites for hydroxylation is 1. The molecule has 1 aliphatic carbocycles. The van der Waals surface area contributed by atoms with Crippen LogP contribution in [0.2, 0.25) is 0 Å². The maximum absolute atomic E-state index is 13.1. The summed E-state index contributed by atoms with van der Waals surface area (Å²) in [7, 11) is 1.69. The number of hydrogen-bond acceptors (Lipinski definition) is 4. The van der Waals surface area contributed by atoms with Gasteiger partial charge in [0.25, 0.3) is 0 Å². The molecular weight excluding hydrogens is 374 g/mol. The first-order valence-electron chi connectivity index (χ1n) is 11.1. The molecule has 0 radical (unpaired) electrons. The quantitative estimate of drug-likeness (QED) is 0.714. The third-order valence-electron chi connectivity index (χ3n) is 7.11. The molecule has 1 saturated carbocycles. The topological polar surface area (TPSA) is 47.6 Å². The van der Waals surface area contributed by atoms with E-state index in [0.29, 0.717) is 6.54 Å². The van der Waals surface area contributed by atoms with Crippen LogP contribution in [0.3, 0.4) is 0 Å². The first-order valence-corrected chi connectivity index (χ1v) is 11.1. The average Bonchev–Trinajstić information content (AvgIpc) is 3.40. The van der Waals surface area contributed by atoms with E-state index >= 15 is 0 Å². The first kappa shape index (κ1) is 20.9. The van der Waals surface area contributed by atoms with Gasteiger partial charge in [-0.25, -0.2) is 0 Å². The molecule has 2 aromatic rings. The number of rotatable bonds is 7. The van der Waals surface area contributed by atoms with Crippen LogP contribution in [0, 0.1) is 12.3 Å². The van der Waals surface area contributed by atoms with E-state index < -0.39 is 5.41 Å². The van der Waals surface area contributed by atoms with Gasteiger partial charge in [-0.1, -0.05) is 30.3 Å². The summed E-state index contributed by atoms with van der Waals surface area (Å²) in [4.78, 5) is 13.1. The number of carbonyl (C=O) groups excluding carboxylic acids is 1. The summed E-state index contributed by atoms with van der Waals surface area (Å²) in [6.45, 7) is 5.37. The van der Waals surface area contributed by atoms with E-state index in [1.54, 1.807) is 14.0 Å². The Hall–Kier alpha value is -2.33. The van der Waals surface area contributed by atoms with Crippen molar-refractivity contribution in [3.8, 4) is 11.5 Å². The molecule has 2 aliphatic rings. The van der Waals surface area contributed by atoms with Gasteiger partial charge in [-0.15, -0.1) is 0 Å². The van der Waals surface area contributed by atoms with Gasteiger partial charge in [0.2, 0.25) is 0 Å². The molecule has 2 aromatic carbocycles. The van der Waals surface area contributed by atoms with Gasteiger partial charge in [-0.2, -0.15) is 0 Å². The smallest absolute Gasteiger partial charge is 0.161 e. The molecule has 4 rings (SSSR count). The van der Waals surface area contributed by atoms with Crippen molar-refractivity contribution in [1.82, 2.24) is 5.32 Å². The van der Waals surface area contributed by atoms with Crippen molar-refractivity contribution in [2.75, 3.05) is 20.2 Å². The second kappa shape index (κ2) is 8.81. The molecule has 160 valence electrons. The molecule has 0 unspecified atom stereocenters. The molecule has 0 bridgehead atoms. The standard InChI is InChI=1S/C26H33NO3/c1-18-8-4-5-9-21(18)15-26(19(2)28)17-27-16-23(26)20-12-13-24(29-3)25(14-20)30-22-10-6-7-11-22/h4-5,8-9,12-14,22-23,27H,6-7,10-11,15-17H2,1-3H3/t23-,26-/m0/s1. The van der Waals surface area contributed by atoms with Crippen LogP contribution < -0.4 is 14.8 Å².